The highest BCUT2D eigenvalue weighted by Crippen LogP contribution is 2.22. The molecule has 7 heteroatoms. The number of nitrogen functional groups attached to an aromatic ring is 1. The first-order valence-electron chi connectivity index (χ1n) is 6.04. The third kappa shape index (κ3) is 2.59. The van der Waals surface area contributed by atoms with E-state index in [4.69, 9.17) is 5.73 Å². The number of hydrogen-bond donors (Lipinski definition) is 3. The average Bonchev–Trinajstić information content (AvgIpc) is 2.86. The van der Waals surface area contributed by atoms with E-state index in [-0.39, 0.29) is 10.2 Å². The van der Waals surface area contributed by atoms with Crippen molar-refractivity contribution in [1.82, 2.24) is 10.2 Å². The van der Waals surface area contributed by atoms with Crippen molar-refractivity contribution in [2.45, 2.75) is 0 Å². The van der Waals surface area contributed by atoms with E-state index in [1.807, 2.05) is 0 Å². The molecule has 0 aliphatic heterocycles. The molecule has 106 valence electrons. The number of fused-ring (bicyclic) bond motifs is 1. The molecule has 1 amide bonds. The Morgan fingerprint density at radius 2 is 2.10 bits per heavy atom. The van der Waals surface area contributed by atoms with Crippen LogP contribution in [0, 0.1) is 5.82 Å². The first-order chi connectivity index (χ1) is 10.0. The number of halogens is 2. The van der Waals surface area contributed by atoms with Crippen molar-refractivity contribution in [2.75, 3.05) is 11.1 Å². The maximum Gasteiger partial charge on any atom is 0.276 e. The molecule has 0 atom stereocenters. The molecule has 21 heavy (non-hydrogen) atoms. The molecule has 1 aromatic heterocycles. The zero-order chi connectivity index (χ0) is 15.0. The summed E-state index contributed by atoms with van der Waals surface area (Å²) in [5.41, 5.74) is 7.68. The number of rotatable bonds is 2. The normalized spacial score (nSPS) is 10.8. The zero-order valence-corrected chi connectivity index (χ0v) is 12.2. The van der Waals surface area contributed by atoms with E-state index in [1.54, 1.807) is 18.2 Å². The second-order valence-corrected chi connectivity index (χ2v) is 5.31. The van der Waals surface area contributed by atoms with Crippen LogP contribution in [-0.2, 0) is 0 Å². The number of benzene rings is 2. The monoisotopic (exact) mass is 348 g/mol. The lowest BCUT2D eigenvalue weighted by atomic mass is 10.2. The average molecular weight is 349 g/mol. The van der Waals surface area contributed by atoms with E-state index in [9.17, 15) is 9.18 Å². The maximum absolute atomic E-state index is 13.2. The van der Waals surface area contributed by atoms with Gasteiger partial charge in [-0.05, 0) is 52.3 Å². The summed E-state index contributed by atoms with van der Waals surface area (Å²) >= 11 is 3.07. The van der Waals surface area contributed by atoms with Crippen LogP contribution < -0.4 is 11.1 Å². The first kappa shape index (κ1) is 13.6. The Bertz CT molecular complexity index is 846. The van der Waals surface area contributed by atoms with Crippen LogP contribution in [0.2, 0.25) is 0 Å². The van der Waals surface area contributed by atoms with Crippen molar-refractivity contribution in [1.29, 1.82) is 0 Å². The molecule has 3 rings (SSSR count). The number of carbonyl (C=O) groups is 1. The Balaban J connectivity index is 1.93. The number of anilines is 2. The van der Waals surface area contributed by atoms with Crippen molar-refractivity contribution in [3.8, 4) is 0 Å². The third-order valence-corrected chi connectivity index (χ3v) is 3.59. The maximum atomic E-state index is 13.2. The fourth-order valence-electron chi connectivity index (χ4n) is 1.97. The minimum absolute atomic E-state index is 0.234. The second kappa shape index (κ2) is 5.17. The summed E-state index contributed by atoms with van der Waals surface area (Å²) in [5, 5.41) is 10.1. The van der Waals surface area contributed by atoms with Crippen LogP contribution in [0.5, 0.6) is 0 Å². The van der Waals surface area contributed by atoms with Crippen molar-refractivity contribution in [3.63, 3.8) is 0 Å². The Morgan fingerprint density at radius 3 is 2.86 bits per heavy atom. The van der Waals surface area contributed by atoms with Crippen LogP contribution in [-0.4, -0.2) is 16.1 Å². The molecular formula is C14H10BrFN4O. The van der Waals surface area contributed by atoms with E-state index in [2.05, 4.69) is 31.4 Å². The number of hydrogen-bond acceptors (Lipinski definition) is 3. The van der Waals surface area contributed by atoms with Crippen molar-refractivity contribution in [2.24, 2.45) is 0 Å². The van der Waals surface area contributed by atoms with Gasteiger partial charge in [-0.2, -0.15) is 5.10 Å². The topological polar surface area (TPSA) is 83.8 Å². The molecule has 1 heterocycles. The molecule has 5 nitrogen and oxygen atoms in total. The lowest BCUT2D eigenvalue weighted by Crippen LogP contribution is -2.12. The predicted molar refractivity (Wildman–Crippen MR) is 82.6 cm³/mol. The van der Waals surface area contributed by atoms with Crippen LogP contribution in [0.25, 0.3) is 10.9 Å². The van der Waals surface area contributed by atoms with E-state index >= 15 is 0 Å². The Morgan fingerprint density at radius 1 is 1.29 bits per heavy atom. The minimum atomic E-state index is -0.398. The number of amides is 1. The summed E-state index contributed by atoms with van der Waals surface area (Å²) in [5.74, 6) is -0.795. The number of H-pyrrole nitrogens is 1. The summed E-state index contributed by atoms with van der Waals surface area (Å²) in [6, 6.07) is 9.37. The highest BCUT2D eigenvalue weighted by molar-refractivity contribution is 9.10. The number of carbonyl (C=O) groups excluding carboxylic acids is 1. The van der Waals surface area contributed by atoms with E-state index in [1.165, 1.54) is 18.2 Å². The van der Waals surface area contributed by atoms with Crippen LogP contribution >= 0.6 is 15.9 Å². The van der Waals surface area contributed by atoms with Crippen molar-refractivity contribution < 1.29 is 9.18 Å². The molecule has 0 bridgehead atoms. The number of nitrogens with two attached hydrogens (primary N) is 1. The van der Waals surface area contributed by atoms with Gasteiger partial charge >= 0.3 is 0 Å². The SMILES string of the molecule is Nc1ccc2[nH]nc(C(=O)Nc3ccc(F)c(Br)c3)c2c1. The van der Waals surface area contributed by atoms with Gasteiger partial charge in [-0.1, -0.05) is 0 Å². The quantitative estimate of drug-likeness (QED) is 0.621. The molecule has 0 radical (unpaired) electrons. The van der Waals surface area contributed by atoms with E-state index in [0.717, 1.165) is 5.52 Å². The van der Waals surface area contributed by atoms with Crippen LogP contribution in [0.15, 0.2) is 40.9 Å². The molecule has 4 N–H and O–H groups in total. The Kier molecular flexibility index (Phi) is 3.34. The van der Waals surface area contributed by atoms with E-state index < -0.39 is 11.7 Å². The molecule has 0 spiro atoms. The molecule has 0 unspecified atom stereocenters. The van der Waals surface area contributed by atoms with Gasteiger partial charge in [-0.3, -0.25) is 9.89 Å². The smallest absolute Gasteiger partial charge is 0.276 e. The summed E-state index contributed by atoms with van der Waals surface area (Å²) in [6.45, 7) is 0. The van der Waals surface area contributed by atoms with Gasteiger partial charge < -0.3 is 11.1 Å². The van der Waals surface area contributed by atoms with E-state index in [0.29, 0.717) is 16.8 Å². The zero-order valence-electron chi connectivity index (χ0n) is 10.7. The standard InChI is InChI=1S/C14H10BrFN4O/c15-10-6-8(2-3-11(10)16)18-14(21)13-9-5-7(17)1-4-12(9)19-20-13/h1-6H,17H2,(H,18,21)(H,19,20). The van der Waals surface area contributed by atoms with Crippen LogP contribution in [0.1, 0.15) is 10.5 Å². The van der Waals surface area contributed by atoms with Crippen LogP contribution in [0.3, 0.4) is 0 Å². The fourth-order valence-corrected chi connectivity index (χ4v) is 2.35. The number of aromatic amines is 1. The van der Waals surface area contributed by atoms with Gasteiger partial charge in [-0.25, -0.2) is 4.39 Å². The van der Waals surface area contributed by atoms with Gasteiger partial charge in [0.25, 0.3) is 5.91 Å². The molecule has 0 fully saturated rings. The molecule has 0 aliphatic rings. The molecular weight excluding hydrogens is 339 g/mol. The number of nitrogens with one attached hydrogen (secondary N) is 2. The largest absolute Gasteiger partial charge is 0.399 e. The highest BCUT2D eigenvalue weighted by atomic mass is 79.9. The summed E-state index contributed by atoms with van der Waals surface area (Å²) < 4.78 is 13.4. The lowest BCUT2D eigenvalue weighted by Gasteiger charge is -2.04. The summed E-state index contributed by atoms with van der Waals surface area (Å²) in [6.07, 6.45) is 0. The number of aromatic nitrogens is 2. The van der Waals surface area contributed by atoms with Gasteiger partial charge in [0, 0.05) is 16.8 Å². The third-order valence-electron chi connectivity index (χ3n) is 2.98. The lowest BCUT2D eigenvalue weighted by molar-refractivity contribution is 0.102. The van der Waals surface area contributed by atoms with Gasteiger partial charge in [0.1, 0.15) is 5.82 Å². The minimum Gasteiger partial charge on any atom is -0.399 e. The molecule has 0 saturated heterocycles. The highest BCUT2D eigenvalue weighted by Gasteiger charge is 2.15. The first-order valence-corrected chi connectivity index (χ1v) is 6.84. The van der Waals surface area contributed by atoms with Crippen molar-refractivity contribution >= 4 is 44.1 Å². The molecule has 0 saturated carbocycles. The van der Waals surface area contributed by atoms with Crippen LogP contribution in [0.4, 0.5) is 15.8 Å². The molecule has 0 aliphatic carbocycles. The van der Waals surface area contributed by atoms with Gasteiger partial charge in [0.15, 0.2) is 5.69 Å². The number of nitrogens with zero attached hydrogens (tertiary/aromatic N) is 1. The molecule has 2 aromatic carbocycles. The summed E-state index contributed by atoms with van der Waals surface area (Å²) in [7, 11) is 0. The fraction of sp³-hybridized carbons (Fsp3) is 0. The predicted octanol–water partition coefficient (Wildman–Crippen LogP) is 3.30. The molecule has 3 aromatic rings. The summed E-state index contributed by atoms with van der Waals surface area (Å²) in [4.78, 5) is 12.3. The second-order valence-electron chi connectivity index (χ2n) is 4.46. The van der Waals surface area contributed by atoms with Crippen molar-refractivity contribution in [3.05, 3.63) is 52.4 Å². The van der Waals surface area contributed by atoms with Gasteiger partial charge in [0.05, 0.1) is 9.99 Å². The van der Waals surface area contributed by atoms with Gasteiger partial charge in [-0.15, -0.1) is 0 Å². The Labute approximate surface area is 127 Å². The Hall–Kier alpha value is -2.41. The van der Waals surface area contributed by atoms with Gasteiger partial charge in [0.2, 0.25) is 0 Å².